The Bertz CT molecular complexity index is 592. The van der Waals surface area contributed by atoms with Crippen molar-refractivity contribution < 1.29 is 0 Å². The average molecular weight is 243 g/mol. The number of hydrogen-bond acceptors (Lipinski definition) is 5. The molecule has 0 saturated heterocycles. The minimum atomic E-state index is 0.316. The number of nitrogens with two attached hydrogens (primary N) is 5. The number of hydrogen-bond donors (Lipinski definition) is 5. The van der Waals surface area contributed by atoms with E-state index < -0.39 is 0 Å². The molecular formula is C13H17N5. The Morgan fingerprint density at radius 3 is 2.06 bits per heavy atom. The molecule has 0 amide bonds. The summed E-state index contributed by atoms with van der Waals surface area (Å²) in [7, 11) is 0. The molecule has 18 heavy (non-hydrogen) atoms. The summed E-state index contributed by atoms with van der Waals surface area (Å²) in [6, 6.07) is 9.10. The molecule has 0 saturated carbocycles. The van der Waals surface area contributed by atoms with Gasteiger partial charge in [-0.25, -0.2) is 0 Å². The molecule has 0 spiro atoms. The summed E-state index contributed by atoms with van der Waals surface area (Å²) >= 11 is 0. The van der Waals surface area contributed by atoms with Crippen LogP contribution in [0.15, 0.2) is 30.3 Å². The number of rotatable bonds is 2. The van der Waals surface area contributed by atoms with Crippen LogP contribution < -0.4 is 28.7 Å². The largest absolute Gasteiger partial charge is 0.397 e. The van der Waals surface area contributed by atoms with E-state index in [1.165, 1.54) is 0 Å². The lowest BCUT2D eigenvalue weighted by Gasteiger charge is -2.14. The topological polar surface area (TPSA) is 130 Å². The molecule has 0 aliphatic heterocycles. The fraction of sp³-hybridized carbons (Fsp3) is 0.0769. The van der Waals surface area contributed by atoms with Crippen LogP contribution in [0.1, 0.15) is 5.56 Å². The van der Waals surface area contributed by atoms with Gasteiger partial charge in [0.1, 0.15) is 0 Å². The maximum atomic E-state index is 5.94. The standard InChI is InChI=1S/C13H17N5/c14-6-9-8(2-4-11(16)13(9)18)7-1-3-10(15)12(17)5-7/h1-5H,6,14-18H2. The molecule has 0 bridgehead atoms. The van der Waals surface area contributed by atoms with Crippen molar-refractivity contribution in [2.75, 3.05) is 22.9 Å². The van der Waals surface area contributed by atoms with Crippen molar-refractivity contribution >= 4 is 22.7 Å². The van der Waals surface area contributed by atoms with E-state index in [-0.39, 0.29) is 0 Å². The third kappa shape index (κ3) is 1.91. The maximum absolute atomic E-state index is 5.94. The smallest absolute Gasteiger partial charge is 0.0599 e. The molecule has 0 aromatic heterocycles. The summed E-state index contributed by atoms with van der Waals surface area (Å²) in [4.78, 5) is 0. The molecule has 5 heteroatoms. The third-order valence-electron chi connectivity index (χ3n) is 2.99. The molecule has 0 aliphatic carbocycles. The number of anilines is 4. The summed E-state index contributed by atoms with van der Waals surface area (Å²) in [5, 5.41) is 0. The van der Waals surface area contributed by atoms with Gasteiger partial charge in [0, 0.05) is 6.54 Å². The van der Waals surface area contributed by atoms with E-state index in [2.05, 4.69) is 0 Å². The highest BCUT2D eigenvalue weighted by Gasteiger charge is 2.10. The van der Waals surface area contributed by atoms with E-state index in [0.717, 1.165) is 16.7 Å². The van der Waals surface area contributed by atoms with E-state index >= 15 is 0 Å². The third-order valence-corrected chi connectivity index (χ3v) is 2.99. The molecule has 10 N–H and O–H groups in total. The van der Waals surface area contributed by atoms with Gasteiger partial charge in [-0.15, -0.1) is 0 Å². The van der Waals surface area contributed by atoms with Crippen molar-refractivity contribution in [3.63, 3.8) is 0 Å². The van der Waals surface area contributed by atoms with Crippen LogP contribution >= 0.6 is 0 Å². The maximum Gasteiger partial charge on any atom is 0.0599 e. The highest BCUT2D eigenvalue weighted by atomic mass is 14.7. The molecule has 94 valence electrons. The SMILES string of the molecule is NCc1c(-c2ccc(N)c(N)c2)ccc(N)c1N. The van der Waals surface area contributed by atoms with Crippen LogP contribution in [0.4, 0.5) is 22.7 Å². The van der Waals surface area contributed by atoms with Crippen LogP contribution in [0.3, 0.4) is 0 Å². The monoisotopic (exact) mass is 243 g/mol. The highest BCUT2D eigenvalue weighted by molar-refractivity contribution is 5.82. The van der Waals surface area contributed by atoms with E-state index in [4.69, 9.17) is 28.7 Å². The van der Waals surface area contributed by atoms with Gasteiger partial charge in [-0.3, -0.25) is 0 Å². The van der Waals surface area contributed by atoms with Crippen LogP contribution in [-0.2, 0) is 6.54 Å². The van der Waals surface area contributed by atoms with E-state index in [0.29, 0.717) is 29.3 Å². The molecule has 2 rings (SSSR count). The predicted octanol–water partition coefficient (Wildman–Crippen LogP) is 1.14. The van der Waals surface area contributed by atoms with Gasteiger partial charge in [0.05, 0.1) is 22.7 Å². The first-order valence-corrected chi connectivity index (χ1v) is 5.57. The van der Waals surface area contributed by atoms with Crippen molar-refractivity contribution in [1.82, 2.24) is 0 Å². The molecule has 0 fully saturated rings. The fourth-order valence-electron chi connectivity index (χ4n) is 1.92. The molecule has 0 aliphatic rings. The van der Waals surface area contributed by atoms with Crippen LogP contribution in [0.5, 0.6) is 0 Å². The second kappa shape index (κ2) is 4.46. The Morgan fingerprint density at radius 1 is 0.778 bits per heavy atom. The number of benzene rings is 2. The summed E-state index contributed by atoms with van der Waals surface area (Å²) in [6.45, 7) is 0.316. The second-order valence-corrected chi connectivity index (χ2v) is 4.14. The zero-order chi connectivity index (χ0) is 13.3. The predicted molar refractivity (Wildman–Crippen MR) is 77.4 cm³/mol. The molecule has 2 aromatic rings. The van der Waals surface area contributed by atoms with Crippen LogP contribution in [0, 0.1) is 0 Å². The summed E-state index contributed by atoms with van der Waals surface area (Å²) in [5.74, 6) is 0. The van der Waals surface area contributed by atoms with Gasteiger partial charge in [0.15, 0.2) is 0 Å². The fourth-order valence-corrected chi connectivity index (χ4v) is 1.92. The van der Waals surface area contributed by atoms with Gasteiger partial charge in [-0.2, -0.15) is 0 Å². The molecular weight excluding hydrogens is 226 g/mol. The zero-order valence-corrected chi connectivity index (χ0v) is 9.98. The van der Waals surface area contributed by atoms with Gasteiger partial charge in [0.25, 0.3) is 0 Å². The molecule has 0 heterocycles. The van der Waals surface area contributed by atoms with Crippen molar-refractivity contribution in [2.24, 2.45) is 5.73 Å². The molecule has 0 unspecified atom stereocenters. The molecule has 0 atom stereocenters. The van der Waals surface area contributed by atoms with Crippen molar-refractivity contribution in [3.8, 4) is 11.1 Å². The Morgan fingerprint density at radius 2 is 1.44 bits per heavy atom. The Hall–Kier alpha value is -2.40. The van der Waals surface area contributed by atoms with Crippen LogP contribution in [0.2, 0.25) is 0 Å². The minimum absolute atomic E-state index is 0.316. The lowest BCUT2D eigenvalue weighted by atomic mass is 9.96. The Labute approximate surface area is 106 Å². The van der Waals surface area contributed by atoms with Crippen LogP contribution in [-0.4, -0.2) is 0 Å². The van der Waals surface area contributed by atoms with E-state index in [1.807, 2.05) is 12.1 Å². The summed E-state index contributed by atoms with van der Waals surface area (Å²) < 4.78 is 0. The van der Waals surface area contributed by atoms with Gasteiger partial charge in [-0.1, -0.05) is 12.1 Å². The van der Waals surface area contributed by atoms with Gasteiger partial charge >= 0.3 is 0 Å². The first kappa shape index (κ1) is 12.1. The quantitative estimate of drug-likeness (QED) is 0.505. The second-order valence-electron chi connectivity index (χ2n) is 4.14. The lowest BCUT2D eigenvalue weighted by Crippen LogP contribution is -2.07. The molecule has 2 aromatic carbocycles. The van der Waals surface area contributed by atoms with Crippen LogP contribution in [0.25, 0.3) is 11.1 Å². The van der Waals surface area contributed by atoms with Gasteiger partial charge in [-0.05, 0) is 34.9 Å². The van der Waals surface area contributed by atoms with Gasteiger partial charge < -0.3 is 28.7 Å². The summed E-state index contributed by atoms with van der Waals surface area (Å²) in [6.07, 6.45) is 0. The normalized spacial score (nSPS) is 10.5. The van der Waals surface area contributed by atoms with E-state index in [1.54, 1.807) is 18.2 Å². The number of nitrogen functional groups attached to an aromatic ring is 4. The Balaban J connectivity index is 2.63. The first-order valence-electron chi connectivity index (χ1n) is 5.57. The zero-order valence-electron chi connectivity index (χ0n) is 9.98. The molecule has 5 nitrogen and oxygen atoms in total. The summed E-state index contributed by atoms with van der Waals surface area (Å²) in [5.41, 5.74) is 33.8. The highest BCUT2D eigenvalue weighted by Crippen LogP contribution is 2.33. The van der Waals surface area contributed by atoms with Gasteiger partial charge in [0.2, 0.25) is 0 Å². The van der Waals surface area contributed by atoms with E-state index in [9.17, 15) is 0 Å². The van der Waals surface area contributed by atoms with Crippen molar-refractivity contribution in [2.45, 2.75) is 6.54 Å². The average Bonchev–Trinajstić information content (AvgIpc) is 2.36. The minimum Gasteiger partial charge on any atom is -0.397 e. The lowest BCUT2D eigenvalue weighted by molar-refractivity contribution is 1.08. The molecule has 0 radical (unpaired) electrons. The first-order chi connectivity index (χ1) is 8.54. The Kier molecular flexibility index (Phi) is 2.99. The van der Waals surface area contributed by atoms with Crippen molar-refractivity contribution in [1.29, 1.82) is 0 Å². The van der Waals surface area contributed by atoms with Crippen molar-refractivity contribution in [3.05, 3.63) is 35.9 Å².